The van der Waals surface area contributed by atoms with E-state index in [-0.39, 0.29) is 0 Å². The van der Waals surface area contributed by atoms with Gasteiger partial charge >= 0.3 is 0 Å². The van der Waals surface area contributed by atoms with E-state index in [1.54, 1.807) is 0 Å². The molecule has 1 aromatic carbocycles. The van der Waals surface area contributed by atoms with E-state index in [0.29, 0.717) is 0 Å². The van der Waals surface area contributed by atoms with Crippen molar-refractivity contribution in [3.63, 3.8) is 0 Å². The van der Waals surface area contributed by atoms with Gasteiger partial charge in [0.2, 0.25) is 0 Å². The predicted molar refractivity (Wildman–Crippen MR) is 49.4 cm³/mol. The average molecular weight is 145 g/mol. The highest BCUT2D eigenvalue weighted by Crippen LogP contribution is 2.03. The Labute approximate surface area is 68.6 Å². The van der Waals surface area contributed by atoms with E-state index in [1.165, 1.54) is 11.1 Å². The van der Waals surface area contributed by atoms with Crippen LogP contribution in [0, 0.1) is 13.8 Å². The second-order valence-electron chi connectivity index (χ2n) is 2.66. The molecule has 1 rings (SSSR count). The number of hydrogen-bond donors (Lipinski definition) is 0. The van der Waals surface area contributed by atoms with Crippen molar-refractivity contribution in [1.29, 1.82) is 0 Å². The molecule has 0 aliphatic heterocycles. The molecule has 0 N–H and O–H groups in total. The van der Waals surface area contributed by atoms with Crippen molar-refractivity contribution in [1.82, 2.24) is 0 Å². The molecule has 0 bridgehead atoms. The summed E-state index contributed by atoms with van der Waals surface area (Å²) in [5.74, 6) is 0. The van der Waals surface area contributed by atoms with Gasteiger partial charge in [-0.1, -0.05) is 42.0 Å². The largest absolute Gasteiger partial charge is 0.0879 e. The van der Waals surface area contributed by atoms with Crippen LogP contribution in [0.25, 0.3) is 0 Å². The van der Waals surface area contributed by atoms with Gasteiger partial charge in [0.1, 0.15) is 0 Å². The maximum atomic E-state index is 3.64. The van der Waals surface area contributed by atoms with E-state index in [9.17, 15) is 0 Å². The van der Waals surface area contributed by atoms with Gasteiger partial charge in [-0.2, -0.15) is 0 Å². The van der Waals surface area contributed by atoms with Crippen molar-refractivity contribution in [2.45, 2.75) is 13.3 Å². The minimum absolute atomic E-state index is 0.990. The molecule has 11 heavy (non-hydrogen) atoms. The van der Waals surface area contributed by atoms with E-state index in [4.69, 9.17) is 0 Å². The van der Waals surface area contributed by atoms with Crippen LogP contribution in [-0.2, 0) is 6.42 Å². The summed E-state index contributed by atoms with van der Waals surface area (Å²) in [6.07, 6.45) is 4.88. The lowest BCUT2D eigenvalue weighted by molar-refractivity contribution is 1.26. The van der Waals surface area contributed by atoms with Crippen LogP contribution in [0.2, 0.25) is 0 Å². The van der Waals surface area contributed by atoms with Crippen LogP contribution < -0.4 is 0 Å². The zero-order chi connectivity index (χ0) is 8.10. The van der Waals surface area contributed by atoms with E-state index >= 15 is 0 Å². The zero-order valence-electron chi connectivity index (χ0n) is 6.88. The molecule has 0 fully saturated rings. The van der Waals surface area contributed by atoms with Crippen molar-refractivity contribution in [3.8, 4) is 0 Å². The Kier molecular flexibility index (Phi) is 2.91. The highest BCUT2D eigenvalue weighted by molar-refractivity contribution is 5.23. The predicted octanol–water partition coefficient (Wildman–Crippen LogP) is 2.93. The topological polar surface area (TPSA) is 0 Å². The van der Waals surface area contributed by atoms with Gasteiger partial charge in [0.25, 0.3) is 0 Å². The second kappa shape index (κ2) is 3.97. The normalized spacial score (nSPS) is 10.7. The number of benzene rings is 1. The van der Waals surface area contributed by atoms with Crippen LogP contribution in [0.15, 0.2) is 36.4 Å². The molecule has 1 radical (unpaired) electrons. The maximum Gasteiger partial charge on any atom is -0.00975 e. The number of hydrogen-bond acceptors (Lipinski definition) is 0. The first-order valence-corrected chi connectivity index (χ1v) is 3.82. The first-order chi connectivity index (χ1) is 5.33. The van der Waals surface area contributed by atoms with Gasteiger partial charge in [-0.25, -0.2) is 0 Å². The molecule has 1 aromatic rings. The summed E-state index contributed by atoms with van der Waals surface area (Å²) < 4.78 is 0. The number of aryl methyl sites for hydroxylation is 1. The summed E-state index contributed by atoms with van der Waals surface area (Å²) in [6.45, 7) is 5.74. The summed E-state index contributed by atoms with van der Waals surface area (Å²) >= 11 is 0. The average Bonchev–Trinajstić information content (AvgIpc) is 2.04. The van der Waals surface area contributed by atoms with E-state index in [1.807, 2.05) is 6.08 Å². The van der Waals surface area contributed by atoms with Gasteiger partial charge in [0, 0.05) is 0 Å². The molecule has 0 nitrogen and oxygen atoms in total. The lowest BCUT2D eigenvalue weighted by Gasteiger charge is -1.95. The summed E-state index contributed by atoms with van der Waals surface area (Å²) in [5.41, 5.74) is 2.66. The van der Waals surface area contributed by atoms with Crippen LogP contribution in [0.1, 0.15) is 11.1 Å². The Morgan fingerprint density at radius 1 is 1.27 bits per heavy atom. The Hall–Kier alpha value is -1.04. The molecule has 0 saturated carbocycles. The SMILES string of the molecule is [CH2]/C=C/Cc1ccc(C)cc1. The highest BCUT2D eigenvalue weighted by Gasteiger charge is 1.86. The molecule has 0 aliphatic rings. The molecule has 0 aromatic heterocycles. The fraction of sp³-hybridized carbons (Fsp3) is 0.182. The van der Waals surface area contributed by atoms with E-state index in [0.717, 1.165) is 6.42 Å². The molecule has 0 atom stereocenters. The Morgan fingerprint density at radius 3 is 2.45 bits per heavy atom. The smallest absolute Gasteiger partial charge is 0.00975 e. The van der Waals surface area contributed by atoms with Crippen molar-refractivity contribution < 1.29 is 0 Å². The van der Waals surface area contributed by atoms with Gasteiger partial charge < -0.3 is 0 Å². The molecule has 0 unspecified atom stereocenters. The Morgan fingerprint density at radius 2 is 1.91 bits per heavy atom. The lowest BCUT2D eigenvalue weighted by Crippen LogP contribution is -1.79. The Bertz CT molecular complexity index is 229. The summed E-state index contributed by atoms with van der Waals surface area (Å²) in [6, 6.07) is 8.56. The van der Waals surface area contributed by atoms with Gasteiger partial charge in [0.15, 0.2) is 0 Å². The van der Waals surface area contributed by atoms with E-state index in [2.05, 4.69) is 44.2 Å². The third-order valence-electron chi connectivity index (χ3n) is 1.64. The van der Waals surface area contributed by atoms with Crippen LogP contribution in [0.4, 0.5) is 0 Å². The van der Waals surface area contributed by atoms with Gasteiger partial charge in [-0.3, -0.25) is 0 Å². The lowest BCUT2D eigenvalue weighted by atomic mass is 10.1. The number of rotatable bonds is 2. The van der Waals surface area contributed by atoms with Crippen LogP contribution >= 0.6 is 0 Å². The minimum atomic E-state index is 0.990. The second-order valence-corrected chi connectivity index (χ2v) is 2.66. The molecule has 0 saturated heterocycles. The molecule has 0 amide bonds. The molecular formula is C11H13. The monoisotopic (exact) mass is 145 g/mol. The highest BCUT2D eigenvalue weighted by atomic mass is 13.9. The van der Waals surface area contributed by atoms with Crippen LogP contribution in [-0.4, -0.2) is 0 Å². The Balaban J connectivity index is 2.66. The zero-order valence-corrected chi connectivity index (χ0v) is 6.88. The molecular weight excluding hydrogens is 132 g/mol. The van der Waals surface area contributed by atoms with Gasteiger partial charge in [-0.15, -0.1) is 0 Å². The first-order valence-electron chi connectivity index (χ1n) is 3.82. The standard InChI is InChI=1S/C11H13/c1-3-4-5-11-8-6-10(2)7-9-11/h3-4,6-9H,1,5H2,2H3/b4-3+. The van der Waals surface area contributed by atoms with Crippen LogP contribution in [0.5, 0.6) is 0 Å². The van der Waals surface area contributed by atoms with Gasteiger partial charge in [-0.05, 0) is 25.8 Å². The fourth-order valence-electron chi connectivity index (χ4n) is 0.944. The van der Waals surface area contributed by atoms with Crippen molar-refractivity contribution >= 4 is 0 Å². The summed E-state index contributed by atoms with van der Waals surface area (Å²) in [7, 11) is 0. The van der Waals surface area contributed by atoms with Crippen LogP contribution in [0.3, 0.4) is 0 Å². The maximum absolute atomic E-state index is 3.64. The van der Waals surface area contributed by atoms with Crippen molar-refractivity contribution in [2.24, 2.45) is 0 Å². The molecule has 0 spiro atoms. The minimum Gasteiger partial charge on any atom is -0.0879 e. The van der Waals surface area contributed by atoms with Gasteiger partial charge in [0.05, 0.1) is 0 Å². The first kappa shape index (κ1) is 8.06. The molecule has 57 valence electrons. The van der Waals surface area contributed by atoms with Crippen molar-refractivity contribution in [3.05, 3.63) is 54.5 Å². The number of allylic oxidation sites excluding steroid dienone is 2. The third-order valence-corrected chi connectivity index (χ3v) is 1.64. The van der Waals surface area contributed by atoms with E-state index < -0.39 is 0 Å². The third kappa shape index (κ3) is 2.58. The van der Waals surface area contributed by atoms with Crippen molar-refractivity contribution in [2.75, 3.05) is 0 Å². The fourth-order valence-corrected chi connectivity index (χ4v) is 0.944. The molecule has 0 aliphatic carbocycles. The molecule has 0 heteroatoms. The molecule has 0 heterocycles. The quantitative estimate of drug-likeness (QED) is 0.600. The summed E-state index contributed by atoms with van der Waals surface area (Å²) in [4.78, 5) is 0. The summed E-state index contributed by atoms with van der Waals surface area (Å²) in [5, 5.41) is 0.